The smallest absolute Gasteiger partial charge is 0.258 e. The van der Waals surface area contributed by atoms with Crippen LogP contribution in [0.25, 0.3) is 0 Å². The maximum Gasteiger partial charge on any atom is 0.258 e. The van der Waals surface area contributed by atoms with Crippen LogP contribution in [0, 0.1) is 5.95 Å². The Balaban J connectivity index is 1.68. The van der Waals surface area contributed by atoms with Gasteiger partial charge in [-0.25, -0.2) is 4.98 Å². The van der Waals surface area contributed by atoms with Crippen molar-refractivity contribution in [1.29, 1.82) is 0 Å². The zero-order valence-corrected chi connectivity index (χ0v) is 10.5. The summed E-state index contributed by atoms with van der Waals surface area (Å²) in [5.74, 6) is -1.57. The van der Waals surface area contributed by atoms with Crippen LogP contribution in [-0.4, -0.2) is 47.9 Å². The molecule has 0 saturated carbocycles. The second-order valence-electron chi connectivity index (χ2n) is 4.74. The van der Waals surface area contributed by atoms with Crippen molar-refractivity contribution in [3.8, 4) is 0 Å². The third-order valence-corrected chi connectivity index (χ3v) is 3.62. The molecule has 3 rings (SSSR count). The van der Waals surface area contributed by atoms with Crippen molar-refractivity contribution < 1.29 is 18.7 Å². The van der Waals surface area contributed by atoms with Crippen LogP contribution in [-0.2, 0) is 9.47 Å². The van der Waals surface area contributed by atoms with E-state index in [1.54, 1.807) is 11.0 Å². The molecule has 1 aromatic heterocycles. The lowest BCUT2D eigenvalue weighted by Gasteiger charge is -2.37. The molecule has 2 fully saturated rings. The molecule has 1 amide bonds. The summed E-state index contributed by atoms with van der Waals surface area (Å²) >= 11 is 0. The topological polar surface area (TPSA) is 51.7 Å². The molecular formula is C13H15FN2O3. The van der Waals surface area contributed by atoms with E-state index in [4.69, 9.17) is 9.47 Å². The van der Waals surface area contributed by atoms with Crippen molar-refractivity contribution in [2.45, 2.75) is 18.6 Å². The number of nitrogens with zero attached hydrogens (tertiary/aromatic N) is 2. The van der Waals surface area contributed by atoms with Crippen LogP contribution in [0.4, 0.5) is 4.39 Å². The van der Waals surface area contributed by atoms with Crippen molar-refractivity contribution in [2.75, 3.05) is 26.3 Å². The van der Waals surface area contributed by atoms with Gasteiger partial charge in [0.15, 0.2) is 5.79 Å². The summed E-state index contributed by atoms with van der Waals surface area (Å²) in [6, 6.07) is 3.02. The molecule has 0 unspecified atom stereocenters. The molecule has 0 bridgehead atoms. The number of pyridine rings is 1. The minimum Gasteiger partial charge on any atom is -0.347 e. The summed E-state index contributed by atoms with van der Waals surface area (Å²) < 4.78 is 24.7. The van der Waals surface area contributed by atoms with E-state index in [2.05, 4.69) is 4.98 Å². The standard InChI is InChI=1S/C13H15FN2O3/c14-11-10(2-1-5-15-11)12(17)16-6-3-13(4-7-16)18-8-9-19-13/h1-2,5H,3-4,6-9H2. The Morgan fingerprint density at radius 3 is 2.63 bits per heavy atom. The fourth-order valence-electron chi connectivity index (χ4n) is 2.55. The van der Waals surface area contributed by atoms with Crippen molar-refractivity contribution in [1.82, 2.24) is 9.88 Å². The van der Waals surface area contributed by atoms with Crippen LogP contribution in [0.15, 0.2) is 18.3 Å². The average Bonchev–Trinajstić information content (AvgIpc) is 2.88. The van der Waals surface area contributed by atoms with E-state index in [9.17, 15) is 9.18 Å². The van der Waals surface area contributed by atoms with Crippen molar-refractivity contribution in [3.05, 3.63) is 29.8 Å². The summed E-state index contributed by atoms with van der Waals surface area (Å²) in [5, 5.41) is 0. The van der Waals surface area contributed by atoms with Crippen LogP contribution in [0.3, 0.4) is 0 Å². The van der Waals surface area contributed by atoms with E-state index in [0.717, 1.165) is 0 Å². The molecule has 5 nitrogen and oxygen atoms in total. The fraction of sp³-hybridized carbons (Fsp3) is 0.538. The monoisotopic (exact) mass is 266 g/mol. The van der Waals surface area contributed by atoms with Gasteiger partial charge in [-0.3, -0.25) is 4.79 Å². The molecule has 3 heterocycles. The van der Waals surface area contributed by atoms with Crippen LogP contribution >= 0.6 is 0 Å². The lowest BCUT2D eigenvalue weighted by molar-refractivity contribution is -0.181. The van der Waals surface area contributed by atoms with E-state index in [0.29, 0.717) is 39.1 Å². The molecule has 2 aliphatic heterocycles. The number of likely N-dealkylation sites (tertiary alicyclic amines) is 1. The van der Waals surface area contributed by atoms with Gasteiger partial charge >= 0.3 is 0 Å². The number of rotatable bonds is 1. The van der Waals surface area contributed by atoms with Gasteiger partial charge in [-0.1, -0.05) is 0 Å². The predicted octanol–water partition coefficient (Wildman–Crippen LogP) is 1.20. The molecule has 0 radical (unpaired) electrons. The largest absolute Gasteiger partial charge is 0.347 e. The molecule has 102 valence electrons. The molecule has 0 N–H and O–H groups in total. The summed E-state index contributed by atoms with van der Waals surface area (Å²) in [4.78, 5) is 17.3. The Hall–Kier alpha value is -1.53. The van der Waals surface area contributed by atoms with E-state index in [-0.39, 0.29) is 11.5 Å². The van der Waals surface area contributed by atoms with Crippen molar-refractivity contribution in [3.63, 3.8) is 0 Å². The first-order valence-electron chi connectivity index (χ1n) is 6.38. The number of hydrogen-bond acceptors (Lipinski definition) is 4. The van der Waals surface area contributed by atoms with Gasteiger partial charge in [-0.2, -0.15) is 4.39 Å². The van der Waals surface area contributed by atoms with Gasteiger partial charge in [0, 0.05) is 32.1 Å². The molecule has 1 spiro atoms. The van der Waals surface area contributed by atoms with Crippen LogP contribution in [0.1, 0.15) is 23.2 Å². The Morgan fingerprint density at radius 1 is 1.32 bits per heavy atom. The van der Waals surface area contributed by atoms with Crippen LogP contribution in [0.2, 0.25) is 0 Å². The number of aromatic nitrogens is 1. The number of piperidine rings is 1. The molecule has 2 saturated heterocycles. The van der Waals surface area contributed by atoms with E-state index in [1.165, 1.54) is 12.3 Å². The first-order chi connectivity index (χ1) is 9.20. The van der Waals surface area contributed by atoms with Crippen molar-refractivity contribution >= 4 is 5.91 Å². The summed E-state index contributed by atoms with van der Waals surface area (Å²) in [7, 11) is 0. The molecule has 0 aliphatic carbocycles. The lowest BCUT2D eigenvalue weighted by atomic mass is 10.0. The molecule has 0 aromatic carbocycles. The number of hydrogen-bond donors (Lipinski definition) is 0. The summed E-state index contributed by atoms with van der Waals surface area (Å²) in [6.45, 7) is 2.22. The highest BCUT2D eigenvalue weighted by atomic mass is 19.1. The molecule has 1 aromatic rings. The maximum absolute atomic E-state index is 13.5. The Kier molecular flexibility index (Phi) is 3.20. The molecule has 19 heavy (non-hydrogen) atoms. The maximum atomic E-state index is 13.5. The molecule has 2 aliphatic rings. The highest BCUT2D eigenvalue weighted by Crippen LogP contribution is 2.31. The zero-order chi connectivity index (χ0) is 13.3. The summed E-state index contributed by atoms with van der Waals surface area (Å²) in [6.07, 6.45) is 2.58. The van der Waals surface area contributed by atoms with Gasteiger partial charge in [0.2, 0.25) is 5.95 Å². The Morgan fingerprint density at radius 2 is 2.00 bits per heavy atom. The van der Waals surface area contributed by atoms with E-state index >= 15 is 0 Å². The Labute approximate surface area is 110 Å². The Bertz CT molecular complexity index is 479. The van der Waals surface area contributed by atoms with Crippen LogP contribution in [0.5, 0.6) is 0 Å². The molecular weight excluding hydrogens is 251 g/mol. The first-order valence-corrected chi connectivity index (χ1v) is 6.38. The summed E-state index contributed by atoms with van der Waals surface area (Å²) in [5.41, 5.74) is 0.0201. The zero-order valence-electron chi connectivity index (χ0n) is 10.5. The average molecular weight is 266 g/mol. The SMILES string of the molecule is O=C(c1cccnc1F)N1CCC2(CC1)OCCO2. The van der Waals surface area contributed by atoms with Gasteiger partial charge in [0.25, 0.3) is 5.91 Å². The number of halogens is 1. The van der Waals surface area contributed by atoms with Gasteiger partial charge in [-0.05, 0) is 12.1 Å². The van der Waals surface area contributed by atoms with E-state index < -0.39 is 11.7 Å². The van der Waals surface area contributed by atoms with E-state index in [1.807, 2.05) is 0 Å². The number of carbonyl (C=O) groups excluding carboxylic acids is 1. The quantitative estimate of drug-likeness (QED) is 0.717. The fourth-order valence-corrected chi connectivity index (χ4v) is 2.55. The van der Waals surface area contributed by atoms with Crippen LogP contribution < -0.4 is 0 Å². The number of amides is 1. The normalized spacial score (nSPS) is 21.8. The lowest BCUT2D eigenvalue weighted by Crippen LogP contribution is -2.47. The third kappa shape index (κ3) is 2.33. The van der Waals surface area contributed by atoms with Gasteiger partial charge in [0.1, 0.15) is 0 Å². The minimum absolute atomic E-state index is 0.0201. The van der Waals surface area contributed by atoms with Gasteiger partial charge in [0.05, 0.1) is 18.8 Å². The third-order valence-electron chi connectivity index (χ3n) is 3.62. The second kappa shape index (κ2) is 4.86. The minimum atomic E-state index is -0.721. The first kappa shape index (κ1) is 12.5. The van der Waals surface area contributed by atoms with Gasteiger partial charge in [-0.15, -0.1) is 0 Å². The number of ether oxygens (including phenoxy) is 2. The predicted molar refractivity (Wildman–Crippen MR) is 64.0 cm³/mol. The van der Waals surface area contributed by atoms with Gasteiger partial charge < -0.3 is 14.4 Å². The highest BCUT2D eigenvalue weighted by Gasteiger charge is 2.41. The van der Waals surface area contributed by atoms with Crippen molar-refractivity contribution in [2.24, 2.45) is 0 Å². The number of carbonyl (C=O) groups is 1. The molecule has 6 heteroatoms. The molecule has 0 atom stereocenters. The highest BCUT2D eigenvalue weighted by molar-refractivity contribution is 5.94. The second-order valence-corrected chi connectivity index (χ2v) is 4.74.